The number of rotatable bonds is 8. The lowest BCUT2D eigenvalue weighted by Crippen LogP contribution is -2.60. The van der Waals surface area contributed by atoms with E-state index in [2.05, 4.69) is 5.32 Å². The molecule has 2 N–H and O–H groups in total. The first kappa shape index (κ1) is 36.6. The molecule has 3 atom stereocenters. The predicted molar refractivity (Wildman–Crippen MR) is 165 cm³/mol. The molecule has 2 heterocycles. The summed E-state index contributed by atoms with van der Waals surface area (Å²) in [6.07, 6.45) is -9.43. The van der Waals surface area contributed by atoms with Gasteiger partial charge >= 0.3 is 18.4 Å². The first-order valence-electron chi connectivity index (χ1n) is 15.3. The normalized spacial score (nSPS) is 22.6. The number of benzene rings is 2. The van der Waals surface area contributed by atoms with Crippen molar-refractivity contribution in [1.29, 1.82) is 0 Å². The highest BCUT2D eigenvalue weighted by molar-refractivity contribution is 6.09. The van der Waals surface area contributed by atoms with Gasteiger partial charge < -0.3 is 25.0 Å². The molecule has 0 saturated carbocycles. The molecule has 262 valence electrons. The van der Waals surface area contributed by atoms with Crippen molar-refractivity contribution < 1.29 is 50.6 Å². The maximum atomic E-state index is 13.6. The van der Waals surface area contributed by atoms with E-state index >= 15 is 0 Å². The van der Waals surface area contributed by atoms with E-state index in [1.165, 1.54) is 30.9 Å². The van der Waals surface area contributed by atoms with Crippen LogP contribution < -0.4 is 15.0 Å². The van der Waals surface area contributed by atoms with Gasteiger partial charge in [-0.15, -0.1) is 0 Å². The Bertz CT molecular complexity index is 1580. The number of urea groups is 1. The fourth-order valence-electron chi connectivity index (χ4n) is 6.07. The average Bonchev–Trinajstić information content (AvgIpc) is 3.20. The number of alkyl halides is 6. The van der Waals surface area contributed by atoms with Crippen molar-refractivity contribution in [3.63, 3.8) is 0 Å². The molecule has 2 aromatic carbocycles. The van der Waals surface area contributed by atoms with Crippen molar-refractivity contribution in [1.82, 2.24) is 15.1 Å². The summed E-state index contributed by atoms with van der Waals surface area (Å²) in [5.74, 6) is -0.650. The highest BCUT2D eigenvalue weighted by Gasteiger charge is 2.71. The number of amides is 4. The fraction of sp³-hybridized carbons (Fsp3) is 0.485. The van der Waals surface area contributed by atoms with Gasteiger partial charge in [0.05, 0.1) is 6.10 Å². The first-order chi connectivity index (χ1) is 22.1. The van der Waals surface area contributed by atoms with Crippen LogP contribution >= 0.6 is 0 Å². The molecule has 0 radical (unpaired) electrons. The Hall–Kier alpha value is -4.27. The number of piperazine rings is 1. The second kappa shape index (κ2) is 13.0. The van der Waals surface area contributed by atoms with Crippen molar-refractivity contribution in [2.24, 2.45) is 0 Å². The van der Waals surface area contributed by atoms with Crippen LogP contribution in [0.2, 0.25) is 0 Å². The summed E-state index contributed by atoms with van der Waals surface area (Å²) in [4.78, 5) is 44.1. The van der Waals surface area contributed by atoms with Crippen LogP contribution in [0.5, 0.6) is 5.75 Å². The second-order valence-corrected chi connectivity index (χ2v) is 12.5. The minimum absolute atomic E-state index is 0.00207. The SMILES string of the molecule is CC=Cc1cc(C(O)(C(F)(F)F)C(F)(F)F)ccc1N1CC(C)N(C(=O)CN2C(=O)N[C@@](C)(c3cccc(OC(C)C)c3)C2=O)CC1C. The van der Waals surface area contributed by atoms with Crippen LogP contribution in [-0.4, -0.2) is 82.9 Å². The molecule has 2 saturated heterocycles. The largest absolute Gasteiger partial charge is 0.491 e. The van der Waals surface area contributed by atoms with Crippen LogP contribution in [0.1, 0.15) is 58.2 Å². The van der Waals surface area contributed by atoms with Gasteiger partial charge in [-0.25, -0.2) is 4.79 Å². The fourth-order valence-corrected chi connectivity index (χ4v) is 6.07. The molecule has 9 nitrogen and oxygen atoms in total. The summed E-state index contributed by atoms with van der Waals surface area (Å²) in [6.45, 7) is 9.83. The number of halogens is 6. The minimum Gasteiger partial charge on any atom is -0.491 e. The maximum absolute atomic E-state index is 13.6. The predicted octanol–water partition coefficient (Wildman–Crippen LogP) is 5.71. The number of nitrogens with zero attached hydrogens (tertiary/aromatic N) is 3. The number of aliphatic hydroxyl groups is 1. The van der Waals surface area contributed by atoms with E-state index < -0.39 is 65.5 Å². The molecule has 15 heteroatoms. The van der Waals surface area contributed by atoms with Crippen LogP contribution in [0.15, 0.2) is 48.5 Å². The van der Waals surface area contributed by atoms with Crippen LogP contribution in [-0.2, 0) is 20.7 Å². The standard InChI is InChI=1S/C33H38F6N4O5/c1-7-9-22-14-24(31(47,32(34,35)36)33(37,38)39)12-13-26(22)41-16-21(5)42(17-20(41)4)27(44)18-43-28(45)30(6,40-29(43)46)23-10-8-11-25(15-23)48-19(2)3/h7-15,19-21,47H,16-18H2,1-6H3,(H,40,46)/t20?,21?,30-/m0/s1. The summed E-state index contributed by atoms with van der Waals surface area (Å²) in [5, 5.41) is 12.6. The number of allylic oxidation sites excluding steroid dienone is 1. The molecule has 4 rings (SSSR count). The van der Waals surface area contributed by atoms with Gasteiger partial charge in [-0.1, -0.05) is 30.4 Å². The molecule has 0 aliphatic carbocycles. The monoisotopic (exact) mass is 684 g/mol. The molecular weight excluding hydrogens is 646 g/mol. The second-order valence-electron chi connectivity index (χ2n) is 12.5. The summed E-state index contributed by atoms with van der Waals surface area (Å²) in [7, 11) is 0. The van der Waals surface area contributed by atoms with Crippen molar-refractivity contribution in [2.75, 3.05) is 24.5 Å². The number of ether oxygens (including phenoxy) is 1. The number of nitrogens with one attached hydrogen (secondary N) is 1. The molecule has 48 heavy (non-hydrogen) atoms. The molecule has 2 unspecified atom stereocenters. The summed E-state index contributed by atoms with van der Waals surface area (Å²) in [6, 6.07) is 7.29. The average molecular weight is 685 g/mol. The zero-order valence-electron chi connectivity index (χ0n) is 27.2. The highest BCUT2D eigenvalue weighted by Crippen LogP contribution is 2.50. The number of hydrogen-bond donors (Lipinski definition) is 2. The zero-order valence-corrected chi connectivity index (χ0v) is 27.2. The Kier molecular flexibility index (Phi) is 9.88. The molecule has 2 aliphatic rings. The Balaban J connectivity index is 1.54. The molecule has 4 amide bonds. The van der Waals surface area contributed by atoms with Crippen molar-refractivity contribution in [3.05, 3.63) is 65.2 Å². The summed E-state index contributed by atoms with van der Waals surface area (Å²) >= 11 is 0. The lowest BCUT2D eigenvalue weighted by Gasteiger charge is -2.46. The van der Waals surface area contributed by atoms with Crippen molar-refractivity contribution >= 4 is 29.6 Å². The van der Waals surface area contributed by atoms with Crippen LogP contribution in [0, 0.1) is 0 Å². The van der Waals surface area contributed by atoms with Gasteiger partial charge in [0.25, 0.3) is 11.5 Å². The van der Waals surface area contributed by atoms with Gasteiger partial charge in [-0.3, -0.25) is 14.5 Å². The third kappa shape index (κ3) is 6.56. The molecule has 0 spiro atoms. The molecule has 0 bridgehead atoms. The minimum atomic E-state index is -6.04. The lowest BCUT2D eigenvalue weighted by atomic mass is 9.89. The molecule has 2 aromatic rings. The number of anilines is 1. The molecule has 2 fully saturated rings. The van der Waals surface area contributed by atoms with Gasteiger partial charge in [0.2, 0.25) is 5.91 Å². The Morgan fingerprint density at radius 3 is 2.27 bits per heavy atom. The Morgan fingerprint density at radius 2 is 1.69 bits per heavy atom. The maximum Gasteiger partial charge on any atom is 0.430 e. The zero-order chi connectivity index (χ0) is 36.0. The van der Waals surface area contributed by atoms with Gasteiger partial charge in [0.15, 0.2) is 0 Å². The smallest absolute Gasteiger partial charge is 0.430 e. The van der Waals surface area contributed by atoms with Crippen LogP contribution in [0.3, 0.4) is 0 Å². The topological polar surface area (TPSA) is 102 Å². The van der Waals surface area contributed by atoms with E-state index in [-0.39, 0.29) is 24.8 Å². The molecule has 0 aromatic heterocycles. The van der Waals surface area contributed by atoms with Crippen molar-refractivity contribution in [2.45, 2.75) is 83.2 Å². The van der Waals surface area contributed by atoms with Gasteiger partial charge in [0, 0.05) is 36.4 Å². The first-order valence-corrected chi connectivity index (χ1v) is 15.3. The van der Waals surface area contributed by atoms with E-state index in [1.54, 1.807) is 43.0 Å². The molecule has 2 aliphatic heterocycles. The van der Waals surface area contributed by atoms with E-state index in [4.69, 9.17) is 4.74 Å². The number of carbonyl (C=O) groups excluding carboxylic acids is 3. The Morgan fingerprint density at radius 1 is 1.04 bits per heavy atom. The summed E-state index contributed by atoms with van der Waals surface area (Å²) < 4.78 is 87.2. The third-order valence-corrected chi connectivity index (χ3v) is 8.58. The van der Waals surface area contributed by atoms with E-state index in [9.17, 15) is 45.8 Å². The number of hydrogen-bond acceptors (Lipinski definition) is 6. The highest BCUT2D eigenvalue weighted by atomic mass is 19.4. The molecular formula is C33H38F6N4O5. The quantitative estimate of drug-likeness (QED) is 0.273. The van der Waals surface area contributed by atoms with Gasteiger partial charge in [0.1, 0.15) is 17.8 Å². The van der Waals surface area contributed by atoms with Crippen LogP contribution in [0.4, 0.5) is 36.8 Å². The number of imide groups is 1. The van der Waals surface area contributed by atoms with Gasteiger partial charge in [-0.05, 0) is 76.9 Å². The van der Waals surface area contributed by atoms with E-state index in [0.717, 1.165) is 11.0 Å². The van der Waals surface area contributed by atoms with E-state index in [1.807, 2.05) is 13.8 Å². The number of carbonyl (C=O) groups is 3. The van der Waals surface area contributed by atoms with Crippen LogP contribution in [0.25, 0.3) is 6.08 Å². The van der Waals surface area contributed by atoms with Crippen molar-refractivity contribution in [3.8, 4) is 5.75 Å². The van der Waals surface area contributed by atoms with Gasteiger partial charge in [-0.2, -0.15) is 26.3 Å². The lowest BCUT2D eigenvalue weighted by molar-refractivity contribution is -0.376. The van der Waals surface area contributed by atoms with E-state index in [0.29, 0.717) is 29.1 Å². The summed E-state index contributed by atoms with van der Waals surface area (Å²) in [5.41, 5.74) is -7.15. The Labute approximate surface area is 274 Å². The third-order valence-electron chi connectivity index (χ3n) is 8.58.